The zero-order chi connectivity index (χ0) is 13.8. The summed E-state index contributed by atoms with van der Waals surface area (Å²) in [5, 5.41) is 7.98. The Hall–Kier alpha value is -2.03. The summed E-state index contributed by atoms with van der Waals surface area (Å²) < 4.78 is 0. The van der Waals surface area contributed by atoms with Crippen molar-refractivity contribution in [2.24, 2.45) is 0 Å². The van der Waals surface area contributed by atoms with Gasteiger partial charge in [0.05, 0.1) is 17.8 Å². The van der Waals surface area contributed by atoms with Crippen LogP contribution in [0.3, 0.4) is 0 Å². The van der Waals surface area contributed by atoms with E-state index in [2.05, 4.69) is 24.0 Å². The molecule has 2 aromatic rings. The molecule has 2 rings (SSSR count). The maximum Gasteiger partial charge on any atom is 0.168 e. The Morgan fingerprint density at radius 1 is 1.05 bits per heavy atom. The smallest absolute Gasteiger partial charge is 0.168 e. The summed E-state index contributed by atoms with van der Waals surface area (Å²) in [5.41, 5.74) is 3.54. The van der Waals surface area contributed by atoms with E-state index in [0.29, 0.717) is 18.0 Å². The van der Waals surface area contributed by atoms with Gasteiger partial charge in [0.25, 0.3) is 0 Å². The Morgan fingerprint density at radius 2 is 1.74 bits per heavy atom. The maximum atomic E-state index is 12.1. The highest BCUT2D eigenvalue weighted by atomic mass is 16.1. The van der Waals surface area contributed by atoms with E-state index in [0.717, 1.165) is 11.3 Å². The summed E-state index contributed by atoms with van der Waals surface area (Å²) in [7, 11) is 0. The normalized spacial score (nSPS) is 10.7. The van der Waals surface area contributed by atoms with Crippen molar-refractivity contribution in [3.8, 4) is 0 Å². The Labute approximate surface area is 113 Å². The SMILES string of the molecule is Cc1ccc(CC(=O)c2ccc(C(C)C)cc2)nn1. The van der Waals surface area contributed by atoms with E-state index in [1.165, 1.54) is 5.56 Å². The number of nitrogens with zero attached hydrogens (tertiary/aromatic N) is 2. The van der Waals surface area contributed by atoms with E-state index >= 15 is 0 Å². The number of ketones is 1. The fourth-order valence-corrected chi connectivity index (χ4v) is 1.84. The molecular formula is C16H18N2O. The van der Waals surface area contributed by atoms with Gasteiger partial charge in [0.1, 0.15) is 0 Å². The molecule has 3 heteroatoms. The standard InChI is InChI=1S/C16H18N2O/c1-11(2)13-5-7-14(8-6-13)16(19)10-15-9-4-12(3)17-18-15/h4-9,11H,10H2,1-3H3. The molecule has 0 N–H and O–H groups in total. The zero-order valence-corrected chi connectivity index (χ0v) is 11.6. The highest BCUT2D eigenvalue weighted by molar-refractivity contribution is 5.97. The van der Waals surface area contributed by atoms with Crippen LogP contribution < -0.4 is 0 Å². The molecule has 19 heavy (non-hydrogen) atoms. The third kappa shape index (κ3) is 3.47. The van der Waals surface area contributed by atoms with Crippen LogP contribution in [0.15, 0.2) is 36.4 Å². The number of carbonyl (C=O) groups excluding carboxylic acids is 1. The van der Waals surface area contributed by atoms with Gasteiger partial charge in [-0.3, -0.25) is 4.79 Å². The number of hydrogen-bond donors (Lipinski definition) is 0. The van der Waals surface area contributed by atoms with Crippen LogP contribution in [0.4, 0.5) is 0 Å². The third-order valence-corrected chi connectivity index (χ3v) is 3.09. The van der Waals surface area contributed by atoms with Crippen molar-refractivity contribution in [3.05, 3.63) is 58.9 Å². The number of benzene rings is 1. The maximum absolute atomic E-state index is 12.1. The lowest BCUT2D eigenvalue weighted by Crippen LogP contribution is -2.06. The van der Waals surface area contributed by atoms with Crippen molar-refractivity contribution in [1.29, 1.82) is 0 Å². The molecule has 1 aromatic carbocycles. The summed E-state index contributed by atoms with van der Waals surface area (Å²) in [6, 6.07) is 11.5. The molecule has 0 aliphatic heterocycles. The molecule has 0 saturated carbocycles. The lowest BCUT2D eigenvalue weighted by atomic mass is 9.99. The van der Waals surface area contributed by atoms with Crippen LogP contribution in [0.1, 0.15) is 47.1 Å². The summed E-state index contributed by atoms with van der Waals surface area (Å²) in [4.78, 5) is 12.1. The first-order chi connectivity index (χ1) is 9.06. The molecule has 98 valence electrons. The number of rotatable bonds is 4. The average molecular weight is 254 g/mol. The summed E-state index contributed by atoms with van der Waals surface area (Å²) >= 11 is 0. The van der Waals surface area contributed by atoms with Crippen molar-refractivity contribution in [3.63, 3.8) is 0 Å². The summed E-state index contributed by atoms with van der Waals surface area (Å²) in [5.74, 6) is 0.556. The van der Waals surface area contributed by atoms with E-state index in [4.69, 9.17) is 0 Å². The molecule has 0 aliphatic rings. The third-order valence-electron chi connectivity index (χ3n) is 3.09. The number of Topliss-reactive ketones (excluding diaryl/α,β-unsaturated/α-hetero) is 1. The first-order valence-electron chi connectivity index (χ1n) is 6.48. The van der Waals surface area contributed by atoms with E-state index in [1.54, 1.807) is 0 Å². The van der Waals surface area contributed by atoms with E-state index in [9.17, 15) is 4.79 Å². The molecule has 1 aromatic heterocycles. The van der Waals surface area contributed by atoms with Crippen molar-refractivity contribution in [1.82, 2.24) is 10.2 Å². The Bertz CT molecular complexity index is 556. The second kappa shape index (κ2) is 5.74. The molecule has 0 atom stereocenters. The largest absolute Gasteiger partial charge is 0.294 e. The van der Waals surface area contributed by atoms with Crippen LogP contribution in [0.25, 0.3) is 0 Å². The van der Waals surface area contributed by atoms with E-state index in [-0.39, 0.29) is 5.78 Å². The summed E-state index contributed by atoms with van der Waals surface area (Å²) in [6.07, 6.45) is 0.300. The van der Waals surface area contributed by atoms with E-state index < -0.39 is 0 Å². The Balaban J connectivity index is 2.09. The number of aromatic nitrogens is 2. The number of carbonyl (C=O) groups is 1. The van der Waals surface area contributed by atoms with Crippen LogP contribution in [0, 0.1) is 6.92 Å². The van der Waals surface area contributed by atoms with Crippen molar-refractivity contribution < 1.29 is 4.79 Å². The Morgan fingerprint density at radius 3 is 2.26 bits per heavy atom. The van der Waals surface area contributed by atoms with Crippen LogP contribution in [0.2, 0.25) is 0 Å². The molecule has 0 aliphatic carbocycles. The van der Waals surface area contributed by atoms with Gasteiger partial charge in [0.15, 0.2) is 5.78 Å². The van der Waals surface area contributed by atoms with Crippen molar-refractivity contribution >= 4 is 5.78 Å². The van der Waals surface area contributed by atoms with Crippen molar-refractivity contribution in [2.45, 2.75) is 33.1 Å². The zero-order valence-electron chi connectivity index (χ0n) is 11.6. The van der Waals surface area contributed by atoms with Gasteiger partial charge in [-0.25, -0.2) is 0 Å². The topological polar surface area (TPSA) is 42.9 Å². The quantitative estimate of drug-likeness (QED) is 0.786. The molecule has 0 saturated heterocycles. The van der Waals surface area contributed by atoms with Gasteiger partial charge in [-0.05, 0) is 30.5 Å². The molecule has 1 heterocycles. The van der Waals surface area contributed by atoms with Crippen LogP contribution >= 0.6 is 0 Å². The van der Waals surface area contributed by atoms with Gasteiger partial charge in [-0.2, -0.15) is 10.2 Å². The second-order valence-electron chi connectivity index (χ2n) is 5.04. The van der Waals surface area contributed by atoms with Crippen LogP contribution in [0.5, 0.6) is 0 Å². The van der Waals surface area contributed by atoms with Crippen LogP contribution in [-0.4, -0.2) is 16.0 Å². The molecule has 0 spiro atoms. The van der Waals surface area contributed by atoms with Crippen LogP contribution in [-0.2, 0) is 6.42 Å². The van der Waals surface area contributed by atoms with E-state index in [1.807, 2.05) is 43.3 Å². The minimum Gasteiger partial charge on any atom is -0.294 e. The molecule has 0 radical (unpaired) electrons. The van der Waals surface area contributed by atoms with Gasteiger partial charge >= 0.3 is 0 Å². The lowest BCUT2D eigenvalue weighted by molar-refractivity contribution is 0.0991. The number of aryl methyl sites for hydroxylation is 1. The minimum absolute atomic E-state index is 0.0773. The molecule has 0 unspecified atom stereocenters. The predicted octanol–water partition coefficient (Wildman–Crippen LogP) is 3.33. The molecule has 0 amide bonds. The number of hydrogen-bond acceptors (Lipinski definition) is 3. The second-order valence-corrected chi connectivity index (χ2v) is 5.04. The minimum atomic E-state index is 0.0773. The molecular weight excluding hydrogens is 236 g/mol. The van der Waals surface area contributed by atoms with Gasteiger partial charge in [-0.15, -0.1) is 0 Å². The average Bonchev–Trinajstić information content (AvgIpc) is 2.41. The molecule has 0 fully saturated rings. The lowest BCUT2D eigenvalue weighted by Gasteiger charge is -2.06. The Kier molecular flexibility index (Phi) is 4.05. The van der Waals surface area contributed by atoms with Gasteiger partial charge < -0.3 is 0 Å². The fraction of sp³-hybridized carbons (Fsp3) is 0.312. The first kappa shape index (κ1) is 13.4. The predicted molar refractivity (Wildman–Crippen MR) is 75.3 cm³/mol. The highest BCUT2D eigenvalue weighted by Crippen LogP contribution is 2.15. The van der Waals surface area contributed by atoms with Gasteiger partial charge in [-0.1, -0.05) is 38.1 Å². The fourth-order valence-electron chi connectivity index (χ4n) is 1.84. The van der Waals surface area contributed by atoms with Crippen molar-refractivity contribution in [2.75, 3.05) is 0 Å². The monoisotopic (exact) mass is 254 g/mol. The van der Waals surface area contributed by atoms with Gasteiger partial charge in [0.2, 0.25) is 0 Å². The molecule has 0 bridgehead atoms. The summed E-state index contributed by atoms with van der Waals surface area (Å²) in [6.45, 7) is 6.15. The highest BCUT2D eigenvalue weighted by Gasteiger charge is 2.09. The van der Waals surface area contributed by atoms with Gasteiger partial charge in [0, 0.05) is 5.56 Å². The first-order valence-corrected chi connectivity index (χ1v) is 6.48. The molecule has 3 nitrogen and oxygen atoms in total.